The molecule has 3 rings (SSSR count). The molecule has 2 N–H and O–H groups in total. The smallest absolute Gasteiger partial charge is 0.239 e. The van der Waals surface area contributed by atoms with Crippen LogP contribution in [-0.4, -0.2) is 43.9 Å². The highest BCUT2D eigenvalue weighted by molar-refractivity contribution is 8.00. The number of carbonyl (C=O) groups excluding carboxylic acids is 2. The summed E-state index contributed by atoms with van der Waals surface area (Å²) in [6.45, 7) is 1.78. The molecular formula is C18H20N6O3S2. The highest BCUT2D eigenvalue weighted by Gasteiger charge is 2.20. The van der Waals surface area contributed by atoms with Crippen LogP contribution in [0, 0.1) is 0 Å². The second-order valence-electron chi connectivity index (χ2n) is 6.00. The van der Waals surface area contributed by atoms with Crippen molar-refractivity contribution in [2.45, 2.75) is 23.8 Å². The number of hydrogen-bond donors (Lipinski definition) is 2. The summed E-state index contributed by atoms with van der Waals surface area (Å²) in [5.74, 6) is 0.760. The number of anilines is 2. The molecule has 0 aliphatic carbocycles. The van der Waals surface area contributed by atoms with Crippen molar-refractivity contribution in [3.05, 3.63) is 41.7 Å². The maximum Gasteiger partial charge on any atom is 0.239 e. The maximum absolute atomic E-state index is 12.3. The molecule has 0 radical (unpaired) electrons. The van der Waals surface area contributed by atoms with E-state index in [9.17, 15) is 9.59 Å². The van der Waals surface area contributed by atoms with Gasteiger partial charge in [0.15, 0.2) is 10.3 Å². The minimum atomic E-state index is -0.403. The molecule has 0 aliphatic rings. The van der Waals surface area contributed by atoms with Crippen molar-refractivity contribution < 1.29 is 14.3 Å². The molecule has 1 aromatic carbocycles. The number of nitrogens with zero attached hydrogens (tertiary/aromatic N) is 4. The molecule has 2 amide bonds. The summed E-state index contributed by atoms with van der Waals surface area (Å²) < 4.78 is 6.86. The Hall–Kier alpha value is -2.92. The Morgan fingerprint density at radius 3 is 2.86 bits per heavy atom. The number of rotatable bonds is 8. The van der Waals surface area contributed by atoms with Gasteiger partial charge < -0.3 is 19.9 Å². The fourth-order valence-corrected chi connectivity index (χ4v) is 3.72. The van der Waals surface area contributed by atoms with Gasteiger partial charge in [-0.05, 0) is 19.1 Å². The zero-order valence-corrected chi connectivity index (χ0v) is 17.7. The molecular weight excluding hydrogens is 412 g/mol. The van der Waals surface area contributed by atoms with Crippen LogP contribution in [0.1, 0.15) is 12.7 Å². The van der Waals surface area contributed by atoms with Crippen molar-refractivity contribution in [3.8, 4) is 5.75 Å². The van der Waals surface area contributed by atoms with E-state index in [1.807, 2.05) is 0 Å². The second kappa shape index (κ2) is 9.52. The van der Waals surface area contributed by atoms with Crippen molar-refractivity contribution >= 4 is 45.7 Å². The average Bonchev–Trinajstić information content (AvgIpc) is 3.33. The lowest BCUT2D eigenvalue weighted by molar-refractivity contribution is -0.116. The zero-order chi connectivity index (χ0) is 20.8. The average molecular weight is 433 g/mol. The van der Waals surface area contributed by atoms with Crippen molar-refractivity contribution in [2.75, 3.05) is 17.7 Å². The normalized spacial score (nSPS) is 11.7. The van der Waals surface area contributed by atoms with Gasteiger partial charge in [0.2, 0.25) is 11.8 Å². The van der Waals surface area contributed by atoms with Gasteiger partial charge in [-0.1, -0.05) is 17.8 Å². The van der Waals surface area contributed by atoms with E-state index < -0.39 is 5.25 Å². The van der Waals surface area contributed by atoms with Crippen LogP contribution in [-0.2, 0) is 23.1 Å². The van der Waals surface area contributed by atoms with Gasteiger partial charge in [0.25, 0.3) is 0 Å². The summed E-state index contributed by atoms with van der Waals surface area (Å²) in [6, 6.07) is 7.11. The number of amides is 2. The van der Waals surface area contributed by atoms with Crippen LogP contribution in [0.4, 0.5) is 10.8 Å². The molecule has 11 heteroatoms. The molecule has 0 aliphatic heterocycles. The topological polar surface area (TPSA) is 111 Å². The lowest BCUT2D eigenvalue weighted by Gasteiger charge is -2.10. The van der Waals surface area contributed by atoms with Crippen molar-refractivity contribution in [1.29, 1.82) is 0 Å². The molecule has 0 unspecified atom stereocenters. The summed E-state index contributed by atoms with van der Waals surface area (Å²) in [6.07, 6.45) is 1.69. The summed E-state index contributed by atoms with van der Waals surface area (Å²) in [4.78, 5) is 28.6. The minimum absolute atomic E-state index is 0.0565. The standard InChI is InChI=1S/C18H20N6O3S2/c1-11(16(26)21-17-19-7-8-28-17)29-18-23-22-14(24(18)2)10-15(25)20-12-5-4-6-13(9-12)27-3/h4-9,11H,10H2,1-3H3,(H,20,25)(H,19,21,26)/t11-/m1/s1. The first-order chi connectivity index (χ1) is 14.0. The first kappa shape index (κ1) is 20.8. The predicted octanol–water partition coefficient (Wildman–Crippen LogP) is 2.58. The Morgan fingerprint density at radius 1 is 1.31 bits per heavy atom. The number of hydrogen-bond acceptors (Lipinski definition) is 8. The Morgan fingerprint density at radius 2 is 2.14 bits per heavy atom. The first-order valence-corrected chi connectivity index (χ1v) is 10.4. The van der Waals surface area contributed by atoms with E-state index in [1.54, 1.807) is 61.5 Å². The van der Waals surface area contributed by atoms with E-state index >= 15 is 0 Å². The molecule has 3 aromatic rings. The van der Waals surface area contributed by atoms with Gasteiger partial charge >= 0.3 is 0 Å². The number of benzene rings is 1. The van der Waals surface area contributed by atoms with Gasteiger partial charge in [-0.2, -0.15) is 0 Å². The fraction of sp³-hybridized carbons (Fsp3) is 0.278. The van der Waals surface area contributed by atoms with Gasteiger partial charge in [-0.3, -0.25) is 9.59 Å². The van der Waals surface area contributed by atoms with E-state index in [2.05, 4.69) is 25.8 Å². The first-order valence-electron chi connectivity index (χ1n) is 8.65. The summed E-state index contributed by atoms with van der Waals surface area (Å²) in [5, 5.41) is 16.2. The summed E-state index contributed by atoms with van der Waals surface area (Å²) in [7, 11) is 3.33. The third-order valence-corrected chi connectivity index (χ3v) is 5.73. The maximum atomic E-state index is 12.3. The number of nitrogens with one attached hydrogen (secondary N) is 2. The van der Waals surface area contributed by atoms with E-state index in [0.717, 1.165) is 0 Å². The molecule has 1 atom stereocenters. The van der Waals surface area contributed by atoms with Crippen LogP contribution in [0.3, 0.4) is 0 Å². The number of thioether (sulfide) groups is 1. The van der Waals surface area contributed by atoms with E-state index in [-0.39, 0.29) is 18.2 Å². The predicted molar refractivity (Wildman–Crippen MR) is 112 cm³/mol. The molecule has 2 heterocycles. The third-order valence-electron chi connectivity index (χ3n) is 3.91. The molecule has 0 bridgehead atoms. The second-order valence-corrected chi connectivity index (χ2v) is 8.20. The van der Waals surface area contributed by atoms with Crippen molar-refractivity contribution in [3.63, 3.8) is 0 Å². The van der Waals surface area contributed by atoms with Crippen LogP contribution < -0.4 is 15.4 Å². The highest BCUT2D eigenvalue weighted by Crippen LogP contribution is 2.23. The Labute approximate surface area is 175 Å². The quantitative estimate of drug-likeness (QED) is 0.526. The minimum Gasteiger partial charge on any atom is -0.497 e. The molecule has 0 fully saturated rings. The number of carbonyl (C=O) groups is 2. The van der Waals surface area contributed by atoms with Crippen LogP contribution in [0.15, 0.2) is 41.0 Å². The molecule has 9 nitrogen and oxygen atoms in total. The third kappa shape index (κ3) is 5.55. The number of ether oxygens (including phenoxy) is 1. The van der Waals surface area contributed by atoms with E-state index in [1.165, 1.54) is 23.1 Å². The van der Waals surface area contributed by atoms with Crippen LogP contribution in [0.5, 0.6) is 5.75 Å². The molecule has 0 saturated carbocycles. The molecule has 152 valence electrons. The molecule has 29 heavy (non-hydrogen) atoms. The summed E-state index contributed by atoms with van der Waals surface area (Å²) in [5.41, 5.74) is 0.638. The number of methoxy groups -OCH3 is 1. The van der Waals surface area contributed by atoms with Gasteiger partial charge in [0.05, 0.1) is 18.8 Å². The van der Waals surface area contributed by atoms with Crippen LogP contribution in [0.2, 0.25) is 0 Å². The largest absolute Gasteiger partial charge is 0.497 e. The Balaban J connectivity index is 1.58. The SMILES string of the molecule is COc1cccc(NC(=O)Cc2nnc(S[C@H](C)C(=O)Nc3nccs3)n2C)c1. The van der Waals surface area contributed by atoms with Crippen molar-refractivity contribution in [1.82, 2.24) is 19.7 Å². The van der Waals surface area contributed by atoms with Crippen LogP contribution in [0.25, 0.3) is 0 Å². The van der Waals surface area contributed by atoms with Gasteiger partial charge in [0.1, 0.15) is 11.6 Å². The van der Waals surface area contributed by atoms with Gasteiger partial charge in [0, 0.05) is 30.4 Å². The van der Waals surface area contributed by atoms with Gasteiger partial charge in [-0.15, -0.1) is 21.5 Å². The van der Waals surface area contributed by atoms with Crippen LogP contribution >= 0.6 is 23.1 Å². The van der Waals surface area contributed by atoms with E-state index in [0.29, 0.717) is 27.5 Å². The lowest BCUT2D eigenvalue weighted by atomic mass is 10.3. The Kier molecular flexibility index (Phi) is 6.83. The highest BCUT2D eigenvalue weighted by atomic mass is 32.2. The molecule has 0 spiro atoms. The Bertz CT molecular complexity index is 989. The van der Waals surface area contributed by atoms with Gasteiger partial charge in [-0.25, -0.2) is 4.98 Å². The molecule has 0 saturated heterocycles. The molecule has 2 aromatic heterocycles. The van der Waals surface area contributed by atoms with Crippen molar-refractivity contribution in [2.24, 2.45) is 7.05 Å². The zero-order valence-electron chi connectivity index (χ0n) is 16.1. The summed E-state index contributed by atoms with van der Waals surface area (Å²) >= 11 is 2.62. The monoisotopic (exact) mass is 432 g/mol. The fourth-order valence-electron chi connectivity index (χ4n) is 2.36. The number of aromatic nitrogens is 4. The lowest BCUT2D eigenvalue weighted by Crippen LogP contribution is -2.22. The van der Waals surface area contributed by atoms with E-state index in [4.69, 9.17) is 4.74 Å². The number of thiazole rings is 1.